The van der Waals surface area contributed by atoms with Crippen LogP contribution < -0.4 is 10.6 Å². The summed E-state index contributed by atoms with van der Waals surface area (Å²) in [6.07, 6.45) is 0.147. The summed E-state index contributed by atoms with van der Waals surface area (Å²) in [7, 11) is 0. The zero-order valence-electron chi connectivity index (χ0n) is 9.72. The van der Waals surface area contributed by atoms with Crippen LogP contribution >= 0.6 is 11.6 Å². The molecule has 1 atom stereocenters. The number of benzene rings is 1. The molecule has 0 bridgehead atoms. The Hall–Kier alpha value is -1.62. The molecule has 0 aromatic heterocycles. The first kappa shape index (κ1) is 12.8. The molecular weight excluding hydrogens is 259 g/mol. The molecule has 1 unspecified atom stereocenters. The maximum Gasteiger partial charge on any atom is 0.232 e. The molecule has 0 radical (unpaired) electrons. The van der Waals surface area contributed by atoms with Gasteiger partial charge in [0.2, 0.25) is 11.8 Å². The average molecular weight is 271 g/mol. The lowest BCUT2D eigenvalue weighted by Crippen LogP contribution is -2.35. The Morgan fingerprint density at radius 2 is 2.28 bits per heavy atom. The normalized spacial score (nSPS) is 22.7. The van der Waals surface area contributed by atoms with Crippen molar-refractivity contribution in [3.05, 3.63) is 29.0 Å². The molecule has 1 aromatic carbocycles. The molecule has 6 heteroatoms. The topological polar surface area (TPSA) is 58.2 Å². The Morgan fingerprint density at radius 3 is 2.83 bits per heavy atom. The van der Waals surface area contributed by atoms with Gasteiger partial charge in [0.05, 0.1) is 10.4 Å². The van der Waals surface area contributed by atoms with Gasteiger partial charge < -0.3 is 10.6 Å². The summed E-state index contributed by atoms with van der Waals surface area (Å²) in [4.78, 5) is 23.2. The molecule has 2 amide bonds. The van der Waals surface area contributed by atoms with Crippen LogP contribution in [0.15, 0.2) is 18.2 Å². The van der Waals surface area contributed by atoms with E-state index < -0.39 is 11.2 Å². The molecule has 96 valence electrons. The smallest absolute Gasteiger partial charge is 0.232 e. The van der Waals surface area contributed by atoms with Gasteiger partial charge in [0.15, 0.2) is 0 Å². The quantitative estimate of drug-likeness (QED) is 0.863. The summed E-state index contributed by atoms with van der Waals surface area (Å²) in [5.41, 5.74) is -0.371. The number of nitrogens with one attached hydrogen (secondary N) is 2. The van der Waals surface area contributed by atoms with Crippen LogP contribution in [0.1, 0.15) is 13.3 Å². The third-order valence-corrected chi connectivity index (χ3v) is 3.24. The van der Waals surface area contributed by atoms with Crippen LogP contribution in [-0.2, 0) is 9.59 Å². The highest BCUT2D eigenvalue weighted by Gasteiger charge is 2.40. The fraction of sp³-hybridized carbons (Fsp3) is 0.333. The summed E-state index contributed by atoms with van der Waals surface area (Å²) in [5.74, 6) is -0.980. The van der Waals surface area contributed by atoms with Crippen LogP contribution in [0.5, 0.6) is 0 Å². The average Bonchev–Trinajstić information content (AvgIpc) is 2.65. The second kappa shape index (κ2) is 4.57. The fourth-order valence-corrected chi connectivity index (χ4v) is 1.97. The van der Waals surface area contributed by atoms with Crippen LogP contribution in [0.4, 0.5) is 10.1 Å². The second-order valence-corrected chi connectivity index (χ2v) is 5.00. The number of carbonyl (C=O) groups excluding carboxylic acids is 2. The number of hydrogen-bond donors (Lipinski definition) is 2. The van der Waals surface area contributed by atoms with Gasteiger partial charge in [-0.15, -0.1) is 0 Å². The van der Waals surface area contributed by atoms with Crippen LogP contribution in [0, 0.1) is 11.2 Å². The van der Waals surface area contributed by atoms with Gasteiger partial charge >= 0.3 is 0 Å². The third kappa shape index (κ3) is 2.46. The van der Waals surface area contributed by atoms with E-state index >= 15 is 0 Å². The van der Waals surface area contributed by atoms with E-state index in [0.717, 1.165) is 0 Å². The van der Waals surface area contributed by atoms with Crippen LogP contribution in [0.2, 0.25) is 5.02 Å². The zero-order chi connectivity index (χ0) is 13.3. The zero-order valence-corrected chi connectivity index (χ0v) is 10.5. The number of carbonyl (C=O) groups is 2. The minimum Gasteiger partial charge on any atom is -0.355 e. The van der Waals surface area contributed by atoms with Gasteiger partial charge in [0, 0.05) is 18.7 Å². The number of hydrogen-bond acceptors (Lipinski definition) is 2. The minimum atomic E-state index is -0.780. The SMILES string of the molecule is CC1(C(=O)Nc2ccc(F)c(Cl)c2)CNC(=O)C1. The van der Waals surface area contributed by atoms with Crippen LogP contribution in [-0.4, -0.2) is 18.4 Å². The summed E-state index contributed by atoms with van der Waals surface area (Å²) in [6.45, 7) is 2.00. The van der Waals surface area contributed by atoms with Gasteiger partial charge in [0.25, 0.3) is 0 Å². The molecule has 2 N–H and O–H groups in total. The molecule has 1 fully saturated rings. The van der Waals surface area contributed by atoms with E-state index in [9.17, 15) is 14.0 Å². The Bertz CT molecular complexity index is 521. The van der Waals surface area contributed by atoms with E-state index in [1.165, 1.54) is 18.2 Å². The number of amides is 2. The van der Waals surface area contributed by atoms with Crippen molar-refractivity contribution >= 4 is 29.1 Å². The van der Waals surface area contributed by atoms with Gasteiger partial charge in [-0.2, -0.15) is 0 Å². The molecule has 0 saturated carbocycles. The van der Waals surface area contributed by atoms with Crippen molar-refractivity contribution in [2.45, 2.75) is 13.3 Å². The van der Waals surface area contributed by atoms with Gasteiger partial charge in [-0.1, -0.05) is 11.6 Å². The maximum absolute atomic E-state index is 13.0. The Morgan fingerprint density at radius 1 is 1.56 bits per heavy atom. The lowest BCUT2D eigenvalue weighted by molar-refractivity contribution is -0.126. The van der Waals surface area contributed by atoms with E-state index in [-0.39, 0.29) is 23.3 Å². The fourth-order valence-electron chi connectivity index (χ4n) is 1.79. The molecule has 4 nitrogen and oxygen atoms in total. The summed E-state index contributed by atoms with van der Waals surface area (Å²) < 4.78 is 13.0. The Labute approximate surface area is 109 Å². The molecule has 0 aliphatic carbocycles. The molecule has 1 heterocycles. The largest absolute Gasteiger partial charge is 0.355 e. The van der Waals surface area contributed by atoms with Gasteiger partial charge in [-0.3, -0.25) is 9.59 Å². The first-order valence-corrected chi connectivity index (χ1v) is 5.82. The molecular formula is C12H12ClFN2O2. The Kier molecular flexibility index (Phi) is 3.26. The van der Waals surface area contributed by atoms with E-state index in [4.69, 9.17) is 11.6 Å². The minimum absolute atomic E-state index is 0.0569. The molecule has 1 saturated heterocycles. The standard InChI is InChI=1S/C12H12ClFN2O2/c1-12(5-10(17)15-6-12)11(18)16-7-2-3-9(14)8(13)4-7/h2-4H,5-6H2,1H3,(H,15,17)(H,16,18). The summed E-state index contributed by atoms with van der Waals surface area (Å²) in [6, 6.07) is 3.94. The predicted octanol–water partition coefficient (Wildman–Crippen LogP) is 1.94. The highest BCUT2D eigenvalue weighted by atomic mass is 35.5. The highest BCUT2D eigenvalue weighted by molar-refractivity contribution is 6.31. The third-order valence-electron chi connectivity index (χ3n) is 2.95. The predicted molar refractivity (Wildman–Crippen MR) is 65.8 cm³/mol. The molecule has 0 spiro atoms. The van der Waals surface area contributed by atoms with Crippen LogP contribution in [0.25, 0.3) is 0 Å². The van der Waals surface area contributed by atoms with Crippen molar-refractivity contribution in [2.75, 3.05) is 11.9 Å². The maximum atomic E-state index is 13.0. The van der Waals surface area contributed by atoms with Crippen molar-refractivity contribution in [1.82, 2.24) is 5.32 Å². The molecule has 2 rings (SSSR count). The van der Waals surface area contributed by atoms with Crippen LogP contribution in [0.3, 0.4) is 0 Å². The van der Waals surface area contributed by atoms with Crippen molar-refractivity contribution in [2.24, 2.45) is 5.41 Å². The second-order valence-electron chi connectivity index (χ2n) is 4.60. The lowest BCUT2D eigenvalue weighted by Gasteiger charge is -2.20. The van der Waals surface area contributed by atoms with E-state index in [1.807, 2.05) is 0 Å². The summed E-state index contributed by atoms with van der Waals surface area (Å²) >= 11 is 5.62. The van der Waals surface area contributed by atoms with Crippen molar-refractivity contribution in [1.29, 1.82) is 0 Å². The highest BCUT2D eigenvalue weighted by Crippen LogP contribution is 2.28. The van der Waals surface area contributed by atoms with Crippen molar-refractivity contribution < 1.29 is 14.0 Å². The van der Waals surface area contributed by atoms with Gasteiger partial charge in [-0.25, -0.2) is 4.39 Å². The monoisotopic (exact) mass is 270 g/mol. The first-order chi connectivity index (χ1) is 8.40. The molecule has 1 aromatic rings. The van der Waals surface area contributed by atoms with Crippen molar-refractivity contribution in [3.63, 3.8) is 0 Å². The van der Waals surface area contributed by atoms with Crippen molar-refractivity contribution in [3.8, 4) is 0 Å². The first-order valence-electron chi connectivity index (χ1n) is 5.44. The number of rotatable bonds is 2. The van der Waals surface area contributed by atoms with Gasteiger partial charge in [-0.05, 0) is 25.1 Å². The van der Waals surface area contributed by atoms with E-state index in [2.05, 4.69) is 10.6 Å². The molecule has 1 aliphatic heterocycles. The summed E-state index contributed by atoms with van der Waals surface area (Å²) in [5, 5.41) is 5.19. The number of halogens is 2. The van der Waals surface area contributed by atoms with Gasteiger partial charge in [0.1, 0.15) is 5.82 Å². The molecule has 18 heavy (non-hydrogen) atoms. The van der Waals surface area contributed by atoms with E-state index in [1.54, 1.807) is 6.92 Å². The number of anilines is 1. The lowest BCUT2D eigenvalue weighted by atomic mass is 9.88. The van der Waals surface area contributed by atoms with E-state index in [0.29, 0.717) is 12.2 Å². The Balaban J connectivity index is 2.11. The molecule has 1 aliphatic rings.